The molecule has 1 aliphatic heterocycles. The van der Waals surface area contributed by atoms with Crippen LogP contribution in [0.25, 0.3) is 16.7 Å². The average Bonchev–Trinajstić information content (AvgIpc) is 2.83. The van der Waals surface area contributed by atoms with Crippen molar-refractivity contribution in [3.05, 3.63) is 95.6 Å². The van der Waals surface area contributed by atoms with Crippen molar-refractivity contribution in [3.63, 3.8) is 0 Å². The molecule has 32 heavy (non-hydrogen) atoms. The van der Waals surface area contributed by atoms with Gasteiger partial charge in [0, 0.05) is 19.6 Å². The van der Waals surface area contributed by atoms with Crippen LogP contribution in [-0.4, -0.2) is 31.6 Å². The Labute approximate surface area is 187 Å². The summed E-state index contributed by atoms with van der Waals surface area (Å²) in [5.41, 5.74) is 4.68. The summed E-state index contributed by atoms with van der Waals surface area (Å²) >= 11 is 0. The van der Waals surface area contributed by atoms with E-state index in [1.54, 1.807) is 13.2 Å². The van der Waals surface area contributed by atoms with Crippen LogP contribution < -0.4 is 4.74 Å². The Bertz CT molecular complexity index is 1070. The highest BCUT2D eigenvalue weighted by Crippen LogP contribution is 2.32. The highest BCUT2D eigenvalue weighted by molar-refractivity contribution is 5.67. The number of hydrogen-bond donors (Lipinski definition) is 0. The molecule has 0 aromatic heterocycles. The summed E-state index contributed by atoms with van der Waals surface area (Å²) in [6.07, 6.45) is -0.542. The SMILES string of the molecule is COc1ccc(-c2ccc(CCN3CC=C(c4cccc(C(F)(F)F)c4)CC3)cc2)cc1. The molecule has 0 amide bonds. The molecule has 3 aromatic carbocycles. The zero-order valence-electron chi connectivity index (χ0n) is 18.0. The monoisotopic (exact) mass is 437 g/mol. The summed E-state index contributed by atoms with van der Waals surface area (Å²) in [5.74, 6) is 0.845. The first-order valence-corrected chi connectivity index (χ1v) is 10.7. The van der Waals surface area contributed by atoms with E-state index in [1.165, 1.54) is 23.3 Å². The van der Waals surface area contributed by atoms with Crippen LogP contribution in [-0.2, 0) is 12.6 Å². The van der Waals surface area contributed by atoms with Gasteiger partial charge in [-0.1, -0.05) is 54.6 Å². The van der Waals surface area contributed by atoms with Gasteiger partial charge in [-0.2, -0.15) is 13.2 Å². The molecule has 0 atom stereocenters. The fourth-order valence-corrected chi connectivity index (χ4v) is 4.01. The standard InChI is InChI=1S/C27H26F3NO/c1-32-26-11-9-22(10-12-26)21-7-5-20(6-8-21)13-16-31-17-14-23(15-18-31)24-3-2-4-25(19-24)27(28,29)30/h2-12,14,19H,13,15-18H2,1H3. The van der Waals surface area contributed by atoms with Crippen molar-refractivity contribution in [1.82, 2.24) is 4.90 Å². The topological polar surface area (TPSA) is 12.5 Å². The summed E-state index contributed by atoms with van der Waals surface area (Å²) in [7, 11) is 1.66. The first-order valence-electron chi connectivity index (χ1n) is 10.7. The van der Waals surface area contributed by atoms with Gasteiger partial charge in [-0.05, 0) is 64.9 Å². The van der Waals surface area contributed by atoms with Crippen molar-refractivity contribution in [2.75, 3.05) is 26.7 Å². The summed E-state index contributed by atoms with van der Waals surface area (Å²) in [6, 6.07) is 22.2. The van der Waals surface area contributed by atoms with E-state index in [-0.39, 0.29) is 0 Å². The van der Waals surface area contributed by atoms with Gasteiger partial charge in [0.1, 0.15) is 5.75 Å². The number of alkyl halides is 3. The molecule has 0 N–H and O–H groups in total. The fraction of sp³-hybridized carbons (Fsp3) is 0.259. The van der Waals surface area contributed by atoms with E-state index in [0.717, 1.165) is 55.4 Å². The average molecular weight is 438 g/mol. The third-order valence-electron chi connectivity index (χ3n) is 5.95. The summed E-state index contributed by atoms with van der Waals surface area (Å²) in [5, 5.41) is 0. The molecule has 0 aliphatic carbocycles. The van der Waals surface area contributed by atoms with Gasteiger partial charge >= 0.3 is 6.18 Å². The van der Waals surface area contributed by atoms with Gasteiger partial charge < -0.3 is 4.74 Å². The van der Waals surface area contributed by atoms with Crippen molar-refractivity contribution >= 4 is 5.57 Å². The molecule has 0 radical (unpaired) electrons. The van der Waals surface area contributed by atoms with Gasteiger partial charge in [0.2, 0.25) is 0 Å². The lowest BCUT2D eigenvalue weighted by Crippen LogP contribution is -2.30. The maximum Gasteiger partial charge on any atom is 0.416 e. The maximum atomic E-state index is 13.0. The van der Waals surface area contributed by atoms with Gasteiger partial charge in [-0.3, -0.25) is 4.90 Å². The fourth-order valence-electron chi connectivity index (χ4n) is 4.01. The molecule has 3 aromatic rings. The lowest BCUT2D eigenvalue weighted by Gasteiger charge is -2.26. The largest absolute Gasteiger partial charge is 0.497 e. The van der Waals surface area contributed by atoms with Crippen molar-refractivity contribution in [2.24, 2.45) is 0 Å². The normalized spacial score (nSPS) is 14.8. The summed E-state index contributed by atoms with van der Waals surface area (Å²) in [6.45, 7) is 2.54. The molecular weight excluding hydrogens is 411 g/mol. The Morgan fingerprint density at radius 2 is 1.56 bits per heavy atom. The molecule has 0 unspecified atom stereocenters. The van der Waals surface area contributed by atoms with E-state index in [0.29, 0.717) is 5.56 Å². The molecule has 2 nitrogen and oxygen atoms in total. The first kappa shape index (κ1) is 22.2. The Morgan fingerprint density at radius 3 is 2.16 bits per heavy atom. The Kier molecular flexibility index (Phi) is 6.66. The predicted octanol–water partition coefficient (Wildman–Crippen LogP) is 6.71. The number of rotatable bonds is 6. The molecule has 5 heteroatoms. The lowest BCUT2D eigenvalue weighted by molar-refractivity contribution is -0.137. The number of ether oxygens (including phenoxy) is 1. The zero-order chi connectivity index (χ0) is 22.6. The first-order chi connectivity index (χ1) is 15.4. The van der Waals surface area contributed by atoms with Gasteiger partial charge in [0.05, 0.1) is 12.7 Å². The Hall–Kier alpha value is -3.05. The van der Waals surface area contributed by atoms with Crippen LogP contribution in [0.2, 0.25) is 0 Å². The third-order valence-corrected chi connectivity index (χ3v) is 5.95. The number of methoxy groups -OCH3 is 1. The predicted molar refractivity (Wildman–Crippen MR) is 123 cm³/mol. The molecule has 0 saturated heterocycles. The van der Waals surface area contributed by atoms with Gasteiger partial charge in [-0.25, -0.2) is 0 Å². The summed E-state index contributed by atoms with van der Waals surface area (Å²) in [4.78, 5) is 2.34. The minimum absolute atomic E-state index is 0.587. The Balaban J connectivity index is 1.32. The van der Waals surface area contributed by atoms with E-state index < -0.39 is 11.7 Å². The maximum absolute atomic E-state index is 13.0. The van der Waals surface area contributed by atoms with Crippen LogP contribution >= 0.6 is 0 Å². The highest BCUT2D eigenvalue weighted by Gasteiger charge is 2.30. The number of benzene rings is 3. The van der Waals surface area contributed by atoms with E-state index in [9.17, 15) is 13.2 Å². The van der Waals surface area contributed by atoms with Crippen LogP contribution in [0.5, 0.6) is 5.75 Å². The molecule has 166 valence electrons. The molecular formula is C27H26F3NO. The number of nitrogens with zero attached hydrogens (tertiary/aromatic N) is 1. The molecule has 1 heterocycles. The molecule has 0 saturated carbocycles. The minimum atomic E-state index is -4.31. The van der Waals surface area contributed by atoms with Crippen LogP contribution in [0, 0.1) is 0 Å². The molecule has 0 bridgehead atoms. The zero-order valence-corrected chi connectivity index (χ0v) is 18.0. The van der Waals surface area contributed by atoms with E-state index >= 15 is 0 Å². The van der Waals surface area contributed by atoms with Crippen LogP contribution in [0.1, 0.15) is 23.1 Å². The van der Waals surface area contributed by atoms with E-state index in [4.69, 9.17) is 4.74 Å². The van der Waals surface area contributed by atoms with Gasteiger partial charge in [0.25, 0.3) is 0 Å². The quantitative estimate of drug-likeness (QED) is 0.425. The molecule has 0 spiro atoms. The van der Waals surface area contributed by atoms with Crippen LogP contribution in [0.15, 0.2) is 78.9 Å². The molecule has 0 fully saturated rings. The minimum Gasteiger partial charge on any atom is -0.497 e. The number of hydrogen-bond acceptors (Lipinski definition) is 2. The molecule has 4 rings (SSSR count). The lowest BCUT2D eigenvalue weighted by atomic mass is 9.97. The van der Waals surface area contributed by atoms with E-state index in [1.807, 2.05) is 12.1 Å². The van der Waals surface area contributed by atoms with Crippen LogP contribution in [0.3, 0.4) is 0 Å². The van der Waals surface area contributed by atoms with E-state index in [2.05, 4.69) is 47.4 Å². The van der Waals surface area contributed by atoms with Crippen molar-refractivity contribution < 1.29 is 17.9 Å². The highest BCUT2D eigenvalue weighted by atomic mass is 19.4. The second-order valence-corrected chi connectivity index (χ2v) is 8.03. The van der Waals surface area contributed by atoms with Gasteiger partial charge in [0.15, 0.2) is 0 Å². The second-order valence-electron chi connectivity index (χ2n) is 8.03. The van der Waals surface area contributed by atoms with Crippen LogP contribution in [0.4, 0.5) is 13.2 Å². The molecule has 1 aliphatic rings. The van der Waals surface area contributed by atoms with Crippen molar-refractivity contribution in [3.8, 4) is 16.9 Å². The summed E-state index contributed by atoms with van der Waals surface area (Å²) < 4.78 is 44.1. The van der Waals surface area contributed by atoms with Gasteiger partial charge in [-0.15, -0.1) is 0 Å². The third kappa shape index (κ3) is 5.40. The Morgan fingerprint density at radius 1 is 0.875 bits per heavy atom. The van der Waals surface area contributed by atoms with Crippen molar-refractivity contribution in [1.29, 1.82) is 0 Å². The van der Waals surface area contributed by atoms with Crippen molar-refractivity contribution in [2.45, 2.75) is 19.0 Å². The smallest absolute Gasteiger partial charge is 0.416 e. The second kappa shape index (κ2) is 9.61. The number of halogens is 3.